The zero-order valence-corrected chi connectivity index (χ0v) is 12.6. The van der Waals surface area contributed by atoms with Crippen LogP contribution in [0.2, 0.25) is 0 Å². The van der Waals surface area contributed by atoms with Gasteiger partial charge in [0.05, 0.1) is 11.3 Å². The number of nitrogen functional groups attached to an aromatic ring is 1. The second-order valence-electron chi connectivity index (χ2n) is 4.41. The Morgan fingerprint density at radius 3 is 2.53 bits per heavy atom. The van der Waals surface area contributed by atoms with E-state index < -0.39 is 0 Å². The first-order chi connectivity index (χ1) is 8.90. The van der Waals surface area contributed by atoms with Crippen molar-refractivity contribution in [3.05, 3.63) is 45.3 Å². The van der Waals surface area contributed by atoms with E-state index in [1.165, 1.54) is 0 Å². The number of hydrogen-bond donors (Lipinski definition) is 2. The Hall–Kier alpha value is -1.75. The quantitative estimate of drug-likeness (QED) is 0.826. The summed E-state index contributed by atoms with van der Waals surface area (Å²) in [5.74, 6) is 1.18. The van der Waals surface area contributed by atoms with Crippen LogP contribution in [0.25, 0.3) is 0 Å². The van der Waals surface area contributed by atoms with Gasteiger partial charge in [0.25, 0.3) is 5.91 Å². The summed E-state index contributed by atoms with van der Waals surface area (Å²) in [7, 11) is 0. The maximum Gasteiger partial charge on any atom is 0.259 e. The summed E-state index contributed by atoms with van der Waals surface area (Å²) < 4.78 is 6.24. The Morgan fingerprint density at radius 1 is 1.26 bits per heavy atom. The zero-order chi connectivity index (χ0) is 14.2. The minimum atomic E-state index is -0.196. The molecule has 1 aromatic heterocycles. The number of hydrogen-bond acceptors (Lipinski definition) is 3. The lowest BCUT2D eigenvalue weighted by molar-refractivity contribution is 0.102. The van der Waals surface area contributed by atoms with Gasteiger partial charge >= 0.3 is 0 Å². The van der Waals surface area contributed by atoms with Crippen LogP contribution in [0.1, 0.15) is 27.4 Å². The van der Waals surface area contributed by atoms with Gasteiger partial charge < -0.3 is 15.5 Å². The van der Waals surface area contributed by atoms with Crippen LogP contribution < -0.4 is 11.1 Å². The third kappa shape index (κ3) is 2.66. The first-order valence-electron chi connectivity index (χ1n) is 5.83. The van der Waals surface area contributed by atoms with Crippen molar-refractivity contribution >= 4 is 33.2 Å². The molecule has 2 aromatic rings. The van der Waals surface area contributed by atoms with E-state index in [4.69, 9.17) is 10.2 Å². The molecule has 0 saturated heterocycles. The first kappa shape index (κ1) is 13.7. The number of amides is 1. The van der Waals surface area contributed by atoms with E-state index in [0.29, 0.717) is 22.7 Å². The molecule has 1 amide bonds. The number of furan rings is 1. The van der Waals surface area contributed by atoms with E-state index in [1.807, 2.05) is 13.8 Å². The van der Waals surface area contributed by atoms with E-state index in [1.54, 1.807) is 25.1 Å². The van der Waals surface area contributed by atoms with Crippen molar-refractivity contribution in [3.63, 3.8) is 0 Å². The van der Waals surface area contributed by atoms with Crippen LogP contribution in [0.4, 0.5) is 11.4 Å². The van der Waals surface area contributed by atoms with Crippen LogP contribution in [0.15, 0.2) is 27.1 Å². The van der Waals surface area contributed by atoms with Crippen molar-refractivity contribution in [3.8, 4) is 0 Å². The molecular weight excluding hydrogens is 308 g/mol. The van der Waals surface area contributed by atoms with Crippen molar-refractivity contribution in [2.75, 3.05) is 11.1 Å². The highest BCUT2D eigenvalue weighted by molar-refractivity contribution is 9.10. The molecule has 100 valence electrons. The van der Waals surface area contributed by atoms with Crippen LogP contribution in [0.5, 0.6) is 0 Å². The highest BCUT2D eigenvalue weighted by Crippen LogP contribution is 2.27. The number of halogens is 1. The number of aryl methyl sites for hydroxylation is 2. The fourth-order valence-electron chi connectivity index (χ4n) is 1.95. The van der Waals surface area contributed by atoms with Gasteiger partial charge in [-0.05, 0) is 54.9 Å². The third-order valence-electron chi connectivity index (χ3n) is 3.03. The third-order valence-corrected chi connectivity index (χ3v) is 3.72. The van der Waals surface area contributed by atoms with E-state index in [2.05, 4.69) is 21.2 Å². The zero-order valence-electron chi connectivity index (χ0n) is 11.0. The molecule has 4 nitrogen and oxygen atoms in total. The number of carbonyl (C=O) groups is 1. The number of nitrogens with one attached hydrogen (secondary N) is 1. The van der Waals surface area contributed by atoms with E-state index >= 15 is 0 Å². The predicted octanol–water partition coefficient (Wildman–Crippen LogP) is 3.80. The molecule has 2 rings (SSSR count). The average Bonchev–Trinajstić information content (AvgIpc) is 2.58. The molecule has 5 heteroatoms. The second kappa shape index (κ2) is 5.09. The largest absolute Gasteiger partial charge is 0.466 e. The summed E-state index contributed by atoms with van der Waals surface area (Å²) in [5.41, 5.74) is 8.38. The van der Waals surface area contributed by atoms with Gasteiger partial charge in [0, 0.05) is 15.7 Å². The van der Waals surface area contributed by atoms with Crippen LogP contribution in [-0.2, 0) is 0 Å². The lowest BCUT2D eigenvalue weighted by Crippen LogP contribution is -2.14. The van der Waals surface area contributed by atoms with Crippen molar-refractivity contribution in [2.45, 2.75) is 20.8 Å². The maximum absolute atomic E-state index is 12.3. The lowest BCUT2D eigenvalue weighted by atomic mass is 10.1. The van der Waals surface area contributed by atoms with Gasteiger partial charge in [-0.15, -0.1) is 0 Å². The topological polar surface area (TPSA) is 68.3 Å². The van der Waals surface area contributed by atoms with Gasteiger partial charge in [0.2, 0.25) is 0 Å². The Morgan fingerprint density at radius 2 is 1.95 bits per heavy atom. The predicted molar refractivity (Wildman–Crippen MR) is 79.4 cm³/mol. The Kier molecular flexibility index (Phi) is 3.66. The van der Waals surface area contributed by atoms with E-state index in [0.717, 1.165) is 15.8 Å². The molecule has 0 aliphatic rings. The van der Waals surface area contributed by atoms with Crippen molar-refractivity contribution in [1.29, 1.82) is 0 Å². The van der Waals surface area contributed by atoms with E-state index in [9.17, 15) is 4.79 Å². The number of benzene rings is 1. The molecule has 1 aromatic carbocycles. The van der Waals surface area contributed by atoms with Crippen molar-refractivity contribution < 1.29 is 9.21 Å². The molecule has 0 aliphatic heterocycles. The SMILES string of the molecule is Cc1oc(C)c(C(=O)Nc2cc(N)ccc2Br)c1C. The molecular formula is C14H15BrN2O2. The molecule has 0 fully saturated rings. The van der Waals surface area contributed by atoms with Gasteiger partial charge in [-0.2, -0.15) is 0 Å². The summed E-state index contributed by atoms with van der Waals surface area (Å²) in [6.07, 6.45) is 0. The number of carbonyl (C=O) groups excluding carboxylic acids is 1. The standard InChI is InChI=1S/C14H15BrN2O2/c1-7-8(2)19-9(3)13(7)14(18)17-12-6-10(16)4-5-11(12)15/h4-6H,16H2,1-3H3,(H,17,18). The second-order valence-corrected chi connectivity index (χ2v) is 5.26. The first-order valence-corrected chi connectivity index (χ1v) is 6.62. The highest BCUT2D eigenvalue weighted by Gasteiger charge is 2.19. The van der Waals surface area contributed by atoms with E-state index in [-0.39, 0.29) is 5.91 Å². The molecule has 0 saturated carbocycles. The van der Waals surface area contributed by atoms with Crippen molar-refractivity contribution in [2.24, 2.45) is 0 Å². The number of anilines is 2. The van der Waals surface area contributed by atoms with Crippen molar-refractivity contribution in [1.82, 2.24) is 0 Å². The lowest BCUT2D eigenvalue weighted by Gasteiger charge is -2.08. The molecule has 0 atom stereocenters. The van der Waals surface area contributed by atoms with Gasteiger partial charge in [-0.25, -0.2) is 0 Å². The normalized spacial score (nSPS) is 10.5. The minimum Gasteiger partial charge on any atom is -0.466 e. The summed E-state index contributed by atoms with van der Waals surface area (Å²) in [6, 6.07) is 5.27. The Bertz CT molecular complexity index is 647. The van der Waals surface area contributed by atoms with Gasteiger partial charge in [-0.3, -0.25) is 4.79 Å². The fourth-order valence-corrected chi connectivity index (χ4v) is 2.30. The average molecular weight is 323 g/mol. The molecule has 1 heterocycles. The molecule has 3 N–H and O–H groups in total. The Labute approximate surface area is 120 Å². The van der Waals surface area contributed by atoms with Crippen LogP contribution in [0.3, 0.4) is 0 Å². The highest BCUT2D eigenvalue weighted by atomic mass is 79.9. The van der Waals surface area contributed by atoms with Gasteiger partial charge in [-0.1, -0.05) is 0 Å². The summed E-state index contributed by atoms with van der Waals surface area (Å²) >= 11 is 3.38. The minimum absolute atomic E-state index is 0.196. The molecule has 0 aliphatic carbocycles. The fraction of sp³-hybridized carbons (Fsp3) is 0.214. The summed E-state index contributed by atoms with van der Waals surface area (Å²) in [4.78, 5) is 12.3. The number of nitrogens with two attached hydrogens (primary N) is 1. The molecule has 0 spiro atoms. The number of rotatable bonds is 2. The van der Waals surface area contributed by atoms with Crippen LogP contribution in [-0.4, -0.2) is 5.91 Å². The molecule has 0 unspecified atom stereocenters. The molecule has 0 bridgehead atoms. The van der Waals surface area contributed by atoms with Gasteiger partial charge in [0.15, 0.2) is 0 Å². The van der Waals surface area contributed by atoms with Crippen LogP contribution >= 0.6 is 15.9 Å². The molecule has 19 heavy (non-hydrogen) atoms. The smallest absolute Gasteiger partial charge is 0.259 e. The maximum atomic E-state index is 12.3. The molecule has 0 radical (unpaired) electrons. The monoisotopic (exact) mass is 322 g/mol. The van der Waals surface area contributed by atoms with Crippen LogP contribution in [0, 0.1) is 20.8 Å². The Balaban J connectivity index is 2.33. The summed E-state index contributed by atoms with van der Waals surface area (Å²) in [5, 5.41) is 2.84. The van der Waals surface area contributed by atoms with Gasteiger partial charge in [0.1, 0.15) is 11.5 Å². The summed E-state index contributed by atoms with van der Waals surface area (Å²) in [6.45, 7) is 5.49.